The zero-order chi connectivity index (χ0) is 19.9. The van der Waals surface area contributed by atoms with Crippen molar-refractivity contribution in [3.63, 3.8) is 0 Å². The second-order valence-electron chi connectivity index (χ2n) is 6.53. The summed E-state index contributed by atoms with van der Waals surface area (Å²) < 4.78 is 26.8. The van der Waals surface area contributed by atoms with Crippen LogP contribution in [0.1, 0.15) is 17.5 Å². The molecule has 2 aromatic rings. The first kappa shape index (κ1) is 21.4. The molecule has 0 saturated heterocycles. The summed E-state index contributed by atoms with van der Waals surface area (Å²) in [4.78, 5) is 13.5. The summed E-state index contributed by atoms with van der Waals surface area (Å²) in [6.07, 6.45) is 0.0634. The average molecular weight is 411 g/mol. The van der Waals surface area contributed by atoms with Crippen LogP contribution in [0.5, 0.6) is 0 Å². The fourth-order valence-corrected chi connectivity index (χ4v) is 3.72. The Balaban J connectivity index is 1.82. The number of hydrogen-bond donors (Lipinski definition) is 3. The zero-order valence-corrected chi connectivity index (χ0v) is 17.0. The number of rotatable bonds is 9. The summed E-state index contributed by atoms with van der Waals surface area (Å²) in [6.45, 7) is 1.32. The summed E-state index contributed by atoms with van der Waals surface area (Å²) in [7, 11) is 0.492. The Bertz CT molecular complexity index is 868. The lowest BCUT2D eigenvalue weighted by Crippen LogP contribution is -3.04. The molecule has 0 aliphatic rings. The first-order valence-corrected chi connectivity index (χ1v) is 10.5. The van der Waals surface area contributed by atoms with Crippen LogP contribution in [0.3, 0.4) is 0 Å². The molecular formula is C19H25ClN3O3S+. The van der Waals surface area contributed by atoms with Gasteiger partial charge < -0.3 is 10.2 Å². The van der Waals surface area contributed by atoms with Gasteiger partial charge in [0, 0.05) is 30.1 Å². The standard InChI is InChI=1S/C19H24ClN3O3S/c1-23(2)14-16-6-4-3-5-15(16)13-21-19(24)11-12-22-27(25,26)18-9-7-17(20)8-10-18/h3-10,22H,11-14H2,1-2H3,(H,21,24)/p+1. The molecule has 2 aromatic carbocycles. The van der Waals surface area contributed by atoms with Gasteiger partial charge in [0.15, 0.2) is 0 Å². The normalized spacial score (nSPS) is 11.6. The molecule has 146 valence electrons. The molecule has 0 aromatic heterocycles. The number of carbonyl (C=O) groups is 1. The second kappa shape index (κ2) is 9.85. The lowest BCUT2D eigenvalue weighted by Gasteiger charge is -2.13. The van der Waals surface area contributed by atoms with E-state index in [4.69, 9.17) is 11.6 Å². The minimum Gasteiger partial charge on any atom is -0.352 e. The van der Waals surface area contributed by atoms with Crippen LogP contribution in [0.4, 0.5) is 0 Å². The van der Waals surface area contributed by atoms with Crippen molar-refractivity contribution in [2.24, 2.45) is 0 Å². The number of quaternary nitrogens is 1. The second-order valence-corrected chi connectivity index (χ2v) is 8.73. The Morgan fingerprint density at radius 3 is 2.30 bits per heavy atom. The number of benzene rings is 2. The topological polar surface area (TPSA) is 79.7 Å². The van der Waals surface area contributed by atoms with E-state index < -0.39 is 10.0 Å². The summed E-state index contributed by atoms with van der Waals surface area (Å²) in [5.74, 6) is -0.208. The van der Waals surface area contributed by atoms with E-state index in [1.54, 1.807) is 0 Å². The molecule has 0 fully saturated rings. The summed E-state index contributed by atoms with van der Waals surface area (Å²) in [5, 5.41) is 3.31. The van der Waals surface area contributed by atoms with Gasteiger partial charge in [0.1, 0.15) is 6.54 Å². The molecular weight excluding hydrogens is 386 g/mol. The molecule has 0 unspecified atom stereocenters. The van der Waals surface area contributed by atoms with E-state index in [9.17, 15) is 13.2 Å². The molecule has 0 bridgehead atoms. The lowest BCUT2D eigenvalue weighted by atomic mass is 10.1. The number of carbonyl (C=O) groups excluding carboxylic acids is 1. The average Bonchev–Trinajstić information content (AvgIpc) is 2.61. The highest BCUT2D eigenvalue weighted by Crippen LogP contribution is 2.13. The minimum atomic E-state index is -3.65. The van der Waals surface area contributed by atoms with E-state index in [-0.39, 0.29) is 23.8 Å². The number of sulfonamides is 1. The largest absolute Gasteiger partial charge is 0.352 e. The maximum Gasteiger partial charge on any atom is 0.240 e. The highest BCUT2D eigenvalue weighted by Gasteiger charge is 2.14. The van der Waals surface area contributed by atoms with Crippen LogP contribution < -0.4 is 14.9 Å². The van der Waals surface area contributed by atoms with Crippen molar-refractivity contribution in [2.45, 2.75) is 24.4 Å². The molecule has 27 heavy (non-hydrogen) atoms. The quantitative estimate of drug-likeness (QED) is 0.576. The van der Waals surface area contributed by atoms with Gasteiger partial charge in [-0.05, 0) is 29.8 Å². The van der Waals surface area contributed by atoms with Gasteiger partial charge in [-0.1, -0.05) is 35.9 Å². The number of amides is 1. The number of halogens is 1. The monoisotopic (exact) mass is 410 g/mol. The molecule has 2 rings (SSSR count). The van der Waals surface area contributed by atoms with Crippen molar-refractivity contribution < 1.29 is 18.1 Å². The Kier molecular flexibility index (Phi) is 7.79. The number of hydrogen-bond acceptors (Lipinski definition) is 3. The third-order valence-electron chi connectivity index (χ3n) is 3.91. The van der Waals surface area contributed by atoms with Crippen LogP contribution in [0.2, 0.25) is 5.02 Å². The molecule has 0 spiro atoms. The van der Waals surface area contributed by atoms with Gasteiger partial charge in [-0.15, -0.1) is 0 Å². The van der Waals surface area contributed by atoms with Gasteiger partial charge in [-0.2, -0.15) is 0 Å². The maximum absolute atomic E-state index is 12.2. The highest BCUT2D eigenvalue weighted by molar-refractivity contribution is 7.89. The fourth-order valence-electron chi connectivity index (χ4n) is 2.56. The maximum atomic E-state index is 12.2. The van der Waals surface area contributed by atoms with Crippen LogP contribution in [0.25, 0.3) is 0 Å². The summed E-state index contributed by atoms with van der Waals surface area (Å²) in [5.41, 5.74) is 2.25. The molecule has 0 aliphatic carbocycles. The summed E-state index contributed by atoms with van der Waals surface area (Å²) in [6, 6.07) is 13.8. The Morgan fingerprint density at radius 1 is 1.04 bits per heavy atom. The first-order chi connectivity index (χ1) is 12.8. The van der Waals surface area contributed by atoms with Gasteiger partial charge in [0.25, 0.3) is 0 Å². The third-order valence-corrected chi connectivity index (χ3v) is 5.64. The Hall–Kier alpha value is -1.93. The van der Waals surface area contributed by atoms with Gasteiger partial charge in [0.2, 0.25) is 15.9 Å². The molecule has 0 aliphatic heterocycles. The van der Waals surface area contributed by atoms with E-state index >= 15 is 0 Å². The van der Waals surface area contributed by atoms with Crippen molar-refractivity contribution in [1.82, 2.24) is 10.0 Å². The SMILES string of the molecule is C[NH+](C)Cc1ccccc1CNC(=O)CCNS(=O)(=O)c1ccc(Cl)cc1. The molecule has 0 saturated carbocycles. The van der Waals surface area contributed by atoms with E-state index in [1.165, 1.54) is 34.7 Å². The molecule has 8 heteroatoms. The van der Waals surface area contributed by atoms with E-state index in [0.717, 1.165) is 12.1 Å². The lowest BCUT2D eigenvalue weighted by molar-refractivity contribution is -0.872. The van der Waals surface area contributed by atoms with Crippen LogP contribution >= 0.6 is 11.6 Å². The molecule has 0 radical (unpaired) electrons. The molecule has 0 atom stereocenters. The Labute approximate surface area is 165 Å². The van der Waals surface area contributed by atoms with E-state index in [2.05, 4.69) is 30.2 Å². The van der Waals surface area contributed by atoms with Crippen molar-refractivity contribution in [1.29, 1.82) is 0 Å². The Morgan fingerprint density at radius 2 is 1.67 bits per heavy atom. The van der Waals surface area contributed by atoms with Gasteiger partial charge in [-0.25, -0.2) is 13.1 Å². The van der Waals surface area contributed by atoms with Gasteiger partial charge >= 0.3 is 0 Å². The van der Waals surface area contributed by atoms with Crippen molar-refractivity contribution in [3.05, 3.63) is 64.7 Å². The zero-order valence-electron chi connectivity index (χ0n) is 15.5. The van der Waals surface area contributed by atoms with E-state index in [0.29, 0.717) is 11.6 Å². The molecule has 3 N–H and O–H groups in total. The predicted molar refractivity (Wildman–Crippen MR) is 106 cm³/mol. The molecule has 1 amide bonds. The van der Waals surface area contributed by atoms with Crippen LogP contribution in [0.15, 0.2) is 53.4 Å². The van der Waals surface area contributed by atoms with Gasteiger partial charge in [-0.3, -0.25) is 4.79 Å². The number of nitrogens with one attached hydrogen (secondary N) is 3. The predicted octanol–water partition coefficient (Wildman–Crippen LogP) is 0.969. The third kappa shape index (κ3) is 6.95. The van der Waals surface area contributed by atoms with Crippen molar-refractivity contribution >= 4 is 27.5 Å². The smallest absolute Gasteiger partial charge is 0.240 e. The van der Waals surface area contributed by atoms with Crippen LogP contribution in [-0.2, 0) is 27.9 Å². The van der Waals surface area contributed by atoms with Crippen LogP contribution in [-0.4, -0.2) is 35.0 Å². The fraction of sp³-hybridized carbons (Fsp3) is 0.316. The van der Waals surface area contributed by atoms with Crippen molar-refractivity contribution in [2.75, 3.05) is 20.6 Å². The minimum absolute atomic E-state index is 0.0281. The van der Waals surface area contributed by atoms with Crippen molar-refractivity contribution in [3.8, 4) is 0 Å². The van der Waals surface area contributed by atoms with Crippen LogP contribution in [0, 0.1) is 0 Å². The molecule has 6 nitrogen and oxygen atoms in total. The molecule has 0 heterocycles. The van der Waals surface area contributed by atoms with Gasteiger partial charge in [0.05, 0.1) is 19.0 Å². The highest BCUT2D eigenvalue weighted by atomic mass is 35.5. The first-order valence-electron chi connectivity index (χ1n) is 8.65. The van der Waals surface area contributed by atoms with E-state index in [1.807, 2.05) is 18.2 Å². The summed E-state index contributed by atoms with van der Waals surface area (Å²) >= 11 is 5.76.